The van der Waals surface area contributed by atoms with Crippen LogP contribution in [0.25, 0.3) is 0 Å². The maximum Gasteiger partial charge on any atom is 0.242 e. The number of nitriles is 1. The van der Waals surface area contributed by atoms with E-state index >= 15 is 0 Å². The predicted octanol–water partition coefficient (Wildman–Crippen LogP) is 3.71. The Labute approximate surface area is 177 Å². The first-order chi connectivity index (χ1) is 14.2. The van der Waals surface area contributed by atoms with Gasteiger partial charge in [0, 0.05) is 26.6 Å². The number of nitrogens with zero attached hydrogens (tertiary/aromatic N) is 3. The van der Waals surface area contributed by atoms with E-state index in [1.54, 1.807) is 17.0 Å². The van der Waals surface area contributed by atoms with Crippen molar-refractivity contribution in [2.24, 2.45) is 0 Å². The summed E-state index contributed by atoms with van der Waals surface area (Å²) < 4.78 is 39.3. The predicted molar refractivity (Wildman–Crippen MR) is 112 cm³/mol. The van der Waals surface area contributed by atoms with E-state index in [-0.39, 0.29) is 29.8 Å². The smallest absolute Gasteiger partial charge is 0.242 e. The van der Waals surface area contributed by atoms with Crippen molar-refractivity contribution in [2.45, 2.75) is 37.6 Å². The molecule has 0 radical (unpaired) electrons. The van der Waals surface area contributed by atoms with E-state index in [1.165, 1.54) is 23.5 Å². The van der Waals surface area contributed by atoms with Crippen molar-refractivity contribution < 1.29 is 17.6 Å². The van der Waals surface area contributed by atoms with Crippen LogP contribution in [0.1, 0.15) is 43.9 Å². The Morgan fingerprint density at radius 1 is 1.13 bits per heavy atom. The zero-order valence-corrected chi connectivity index (χ0v) is 18.2. The second kappa shape index (κ2) is 10.3. The van der Waals surface area contributed by atoms with Gasteiger partial charge in [-0.3, -0.25) is 4.79 Å². The minimum atomic E-state index is -3.73. The van der Waals surface area contributed by atoms with Crippen molar-refractivity contribution in [3.63, 3.8) is 0 Å². The molecule has 0 aliphatic heterocycles. The molecule has 0 fully saturated rings. The van der Waals surface area contributed by atoms with Gasteiger partial charge in [0.2, 0.25) is 15.9 Å². The molecular weight excluding hydrogens is 405 g/mol. The first-order valence-electron chi connectivity index (χ1n) is 9.72. The van der Waals surface area contributed by atoms with Crippen LogP contribution in [0.15, 0.2) is 53.4 Å². The summed E-state index contributed by atoms with van der Waals surface area (Å²) >= 11 is 0. The van der Waals surface area contributed by atoms with Gasteiger partial charge in [-0.25, -0.2) is 17.1 Å². The summed E-state index contributed by atoms with van der Waals surface area (Å²) in [6, 6.07) is 13.7. The average Bonchev–Trinajstić information content (AvgIpc) is 2.74. The molecule has 2 aromatic rings. The highest BCUT2D eigenvalue weighted by Gasteiger charge is 2.23. The molecule has 0 N–H and O–H groups in total. The number of hydrogen-bond acceptors (Lipinski definition) is 4. The second-order valence-electron chi connectivity index (χ2n) is 6.97. The van der Waals surface area contributed by atoms with Crippen LogP contribution < -0.4 is 0 Å². The lowest BCUT2D eigenvalue weighted by atomic mass is 10.0. The molecule has 0 aromatic heterocycles. The van der Waals surface area contributed by atoms with Gasteiger partial charge in [-0.05, 0) is 62.2 Å². The summed E-state index contributed by atoms with van der Waals surface area (Å²) in [5.41, 5.74) is 1.49. The third-order valence-electron chi connectivity index (χ3n) is 5.04. The van der Waals surface area contributed by atoms with Crippen LogP contribution in [0.4, 0.5) is 4.39 Å². The van der Waals surface area contributed by atoms with Crippen molar-refractivity contribution in [3.05, 3.63) is 65.5 Å². The van der Waals surface area contributed by atoms with Gasteiger partial charge in [-0.1, -0.05) is 12.1 Å². The standard InChI is InChI=1S/C22H26FN3O3S/c1-4-26(17(2)19-9-7-18(16-24)8-10-19)22(27)6-5-15-25(3)30(28,29)21-13-11-20(23)12-14-21/h7-14,17H,4-6,15H2,1-3H3. The van der Waals surface area contributed by atoms with Gasteiger partial charge < -0.3 is 4.90 Å². The normalized spacial score (nSPS) is 12.4. The quantitative estimate of drug-likeness (QED) is 0.606. The molecule has 1 atom stereocenters. The number of carbonyl (C=O) groups is 1. The molecule has 6 nitrogen and oxygen atoms in total. The van der Waals surface area contributed by atoms with Gasteiger partial charge >= 0.3 is 0 Å². The molecule has 0 saturated carbocycles. The van der Waals surface area contributed by atoms with Crippen molar-refractivity contribution in [1.29, 1.82) is 5.26 Å². The fourth-order valence-electron chi connectivity index (χ4n) is 3.19. The summed E-state index contributed by atoms with van der Waals surface area (Å²) in [4.78, 5) is 14.5. The lowest BCUT2D eigenvalue weighted by Crippen LogP contribution is -2.34. The minimum Gasteiger partial charge on any atom is -0.336 e. The van der Waals surface area contributed by atoms with E-state index in [0.29, 0.717) is 18.5 Å². The van der Waals surface area contributed by atoms with Crippen molar-refractivity contribution in [3.8, 4) is 6.07 Å². The van der Waals surface area contributed by atoms with Crippen LogP contribution in [0, 0.1) is 17.1 Å². The molecule has 0 aliphatic rings. The van der Waals surface area contributed by atoms with Crippen molar-refractivity contribution in [2.75, 3.05) is 20.1 Å². The Balaban J connectivity index is 1.95. The summed E-state index contributed by atoms with van der Waals surface area (Å²) in [5, 5.41) is 8.92. The third kappa shape index (κ3) is 5.65. The van der Waals surface area contributed by atoms with Gasteiger partial charge in [0.05, 0.1) is 22.6 Å². The van der Waals surface area contributed by atoms with Crippen LogP contribution in [-0.2, 0) is 14.8 Å². The summed E-state index contributed by atoms with van der Waals surface area (Å²) in [6.45, 7) is 4.51. The van der Waals surface area contributed by atoms with Gasteiger partial charge in [-0.15, -0.1) is 0 Å². The molecule has 8 heteroatoms. The fraction of sp³-hybridized carbons (Fsp3) is 0.364. The Kier molecular flexibility index (Phi) is 8.09. The van der Waals surface area contributed by atoms with E-state index in [4.69, 9.17) is 5.26 Å². The highest BCUT2D eigenvalue weighted by atomic mass is 32.2. The van der Waals surface area contributed by atoms with E-state index < -0.39 is 15.8 Å². The number of hydrogen-bond donors (Lipinski definition) is 0. The molecule has 30 heavy (non-hydrogen) atoms. The Morgan fingerprint density at radius 2 is 1.73 bits per heavy atom. The fourth-order valence-corrected chi connectivity index (χ4v) is 4.39. The monoisotopic (exact) mass is 431 g/mol. The summed E-state index contributed by atoms with van der Waals surface area (Å²) in [6.07, 6.45) is 0.573. The number of halogens is 1. The van der Waals surface area contributed by atoms with E-state index in [9.17, 15) is 17.6 Å². The highest BCUT2D eigenvalue weighted by molar-refractivity contribution is 7.89. The zero-order valence-electron chi connectivity index (χ0n) is 17.4. The SMILES string of the molecule is CCN(C(=O)CCCN(C)S(=O)(=O)c1ccc(F)cc1)C(C)c1ccc(C#N)cc1. The molecule has 2 aromatic carbocycles. The van der Waals surface area contributed by atoms with Gasteiger partial charge in [-0.2, -0.15) is 5.26 Å². The number of carbonyl (C=O) groups excluding carboxylic acids is 1. The number of rotatable bonds is 9. The average molecular weight is 432 g/mol. The van der Waals surface area contributed by atoms with Gasteiger partial charge in [0.25, 0.3) is 0 Å². The van der Waals surface area contributed by atoms with Crippen LogP contribution >= 0.6 is 0 Å². The number of sulfonamides is 1. The van der Waals surface area contributed by atoms with E-state index in [2.05, 4.69) is 6.07 Å². The number of amides is 1. The molecule has 1 amide bonds. The van der Waals surface area contributed by atoms with E-state index in [0.717, 1.165) is 17.7 Å². The largest absolute Gasteiger partial charge is 0.336 e. The molecule has 0 heterocycles. The highest BCUT2D eigenvalue weighted by Crippen LogP contribution is 2.22. The van der Waals surface area contributed by atoms with Crippen LogP contribution in [-0.4, -0.2) is 43.7 Å². The lowest BCUT2D eigenvalue weighted by molar-refractivity contribution is -0.133. The van der Waals surface area contributed by atoms with Gasteiger partial charge in [0.15, 0.2) is 0 Å². The first-order valence-corrected chi connectivity index (χ1v) is 11.2. The molecule has 160 valence electrons. The molecule has 1 unspecified atom stereocenters. The molecule has 0 bridgehead atoms. The summed E-state index contributed by atoms with van der Waals surface area (Å²) in [5.74, 6) is -0.569. The van der Waals surface area contributed by atoms with E-state index in [1.807, 2.05) is 26.0 Å². The minimum absolute atomic E-state index is 0.0161. The van der Waals surface area contributed by atoms with Crippen LogP contribution in [0.2, 0.25) is 0 Å². The Morgan fingerprint density at radius 3 is 2.27 bits per heavy atom. The topological polar surface area (TPSA) is 81.5 Å². The second-order valence-corrected chi connectivity index (χ2v) is 9.02. The maximum atomic E-state index is 13.0. The molecule has 0 spiro atoms. The summed E-state index contributed by atoms with van der Waals surface area (Å²) in [7, 11) is -2.29. The lowest BCUT2D eigenvalue weighted by Gasteiger charge is -2.29. The zero-order chi connectivity index (χ0) is 22.3. The van der Waals surface area contributed by atoms with Crippen molar-refractivity contribution >= 4 is 15.9 Å². The number of benzene rings is 2. The molecular formula is C22H26FN3O3S. The molecule has 2 rings (SSSR count). The third-order valence-corrected chi connectivity index (χ3v) is 6.91. The molecule has 0 aliphatic carbocycles. The van der Waals surface area contributed by atoms with Gasteiger partial charge in [0.1, 0.15) is 5.82 Å². The van der Waals surface area contributed by atoms with Crippen LogP contribution in [0.5, 0.6) is 0 Å². The Bertz CT molecular complexity index is 999. The first kappa shape index (κ1) is 23.5. The maximum absolute atomic E-state index is 13.0. The molecule has 0 saturated heterocycles. The van der Waals surface area contributed by atoms with Crippen LogP contribution in [0.3, 0.4) is 0 Å². The van der Waals surface area contributed by atoms with Crippen molar-refractivity contribution in [1.82, 2.24) is 9.21 Å². The Hall–Kier alpha value is -2.76.